The van der Waals surface area contributed by atoms with Crippen LogP contribution in [0, 0.1) is 0 Å². The minimum absolute atomic E-state index is 0.286. The van der Waals surface area contributed by atoms with E-state index in [0.29, 0.717) is 45.3 Å². The molecule has 0 aliphatic rings. The van der Waals surface area contributed by atoms with Crippen LogP contribution in [0.15, 0.2) is 85.0 Å². The molecule has 8 heteroatoms. The number of aldehydes is 2. The van der Waals surface area contributed by atoms with E-state index in [1.807, 2.05) is 0 Å². The fourth-order valence-electron chi connectivity index (χ4n) is 2.32. The molecule has 2 aromatic rings. The minimum Gasteiger partial charge on any atom is -0.497 e. The van der Waals surface area contributed by atoms with E-state index in [2.05, 4.69) is 26.3 Å². The molecule has 0 saturated carbocycles. The number of ether oxygens (including phenoxy) is 4. The topological polar surface area (TPSA) is 105 Å². The van der Waals surface area contributed by atoms with Gasteiger partial charge in [0.2, 0.25) is 0 Å². The van der Waals surface area contributed by atoms with E-state index in [-0.39, 0.29) is 5.57 Å². The van der Waals surface area contributed by atoms with Crippen LogP contribution in [0.1, 0.15) is 38.8 Å². The minimum atomic E-state index is -0.529. The molecule has 2 rings (SSSR count). The molecular formula is C32H36O8. The van der Waals surface area contributed by atoms with Crippen molar-refractivity contribution in [3.8, 4) is 23.0 Å². The Balaban J connectivity index is 0.00000130. The lowest BCUT2D eigenvalue weighted by molar-refractivity contribution is -0.130. The quantitative estimate of drug-likeness (QED) is 0.111. The number of carbonyl (C=O) groups is 4. The van der Waals surface area contributed by atoms with Crippen LogP contribution < -0.4 is 18.9 Å². The van der Waals surface area contributed by atoms with Crippen molar-refractivity contribution in [3.05, 3.63) is 96.1 Å². The van der Waals surface area contributed by atoms with Crippen LogP contribution in [0.2, 0.25) is 0 Å². The molecule has 0 atom stereocenters. The van der Waals surface area contributed by atoms with Gasteiger partial charge >= 0.3 is 11.9 Å². The van der Waals surface area contributed by atoms with Crippen LogP contribution in [0.5, 0.6) is 23.0 Å². The maximum Gasteiger partial charge on any atom is 0.338 e. The smallest absolute Gasteiger partial charge is 0.338 e. The average molecular weight is 549 g/mol. The first-order chi connectivity index (χ1) is 18.8. The van der Waals surface area contributed by atoms with E-state index in [0.717, 1.165) is 18.1 Å². The van der Waals surface area contributed by atoms with Crippen LogP contribution in [0.4, 0.5) is 0 Å². The Morgan fingerprint density at radius 2 is 1.02 bits per heavy atom. The second-order valence-electron chi connectivity index (χ2n) is 8.41. The summed E-state index contributed by atoms with van der Waals surface area (Å²) in [5.41, 5.74) is 3.13. The Morgan fingerprint density at radius 1 is 0.625 bits per heavy atom. The zero-order valence-corrected chi connectivity index (χ0v) is 23.9. The highest BCUT2D eigenvalue weighted by atomic mass is 16.5. The second-order valence-corrected chi connectivity index (χ2v) is 8.41. The highest BCUT2D eigenvalue weighted by molar-refractivity contribution is 5.90. The Morgan fingerprint density at radius 3 is 1.43 bits per heavy atom. The number of carbonyl (C=O) groups excluding carboxylic acids is 4. The lowest BCUT2D eigenvalue weighted by Gasteiger charge is -2.11. The van der Waals surface area contributed by atoms with Gasteiger partial charge in [-0.25, -0.2) is 9.59 Å². The normalized spacial score (nSPS) is 9.45. The van der Waals surface area contributed by atoms with E-state index < -0.39 is 11.9 Å². The molecular weight excluding hydrogens is 512 g/mol. The first kappa shape index (κ1) is 35.0. The van der Waals surface area contributed by atoms with Gasteiger partial charge in [0, 0.05) is 34.4 Å². The largest absolute Gasteiger partial charge is 0.497 e. The first-order valence-electron chi connectivity index (χ1n) is 11.8. The first-order valence-corrected chi connectivity index (χ1v) is 11.8. The Kier molecular flexibility index (Phi) is 16.0. The molecule has 8 nitrogen and oxygen atoms in total. The van der Waals surface area contributed by atoms with Crippen LogP contribution in [-0.4, -0.2) is 38.7 Å². The van der Waals surface area contributed by atoms with E-state index >= 15 is 0 Å². The summed E-state index contributed by atoms with van der Waals surface area (Å²) in [5, 5.41) is 0. The van der Waals surface area contributed by atoms with Crippen LogP contribution in [0.3, 0.4) is 0 Å². The summed E-state index contributed by atoms with van der Waals surface area (Å²) in [4.78, 5) is 42.5. The van der Waals surface area contributed by atoms with Gasteiger partial charge in [-0.2, -0.15) is 0 Å². The van der Waals surface area contributed by atoms with Crippen molar-refractivity contribution in [2.24, 2.45) is 0 Å². The Bertz CT molecular complexity index is 1280. The van der Waals surface area contributed by atoms with Gasteiger partial charge in [0.25, 0.3) is 0 Å². The van der Waals surface area contributed by atoms with Crippen LogP contribution >= 0.6 is 0 Å². The van der Waals surface area contributed by atoms with E-state index in [4.69, 9.17) is 18.9 Å². The summed E-state index contributed by atoms with van der Waals surface area (Å²) in [5.74, 6) is 0.703. The SMILES string of the molecule is C=C(C)C(=O)Oc1ccc(/C=C/c2ccc(OC)cc2OC(=O)C(=C)C)c(OC)c1.C=C(C)C=O.C=C(C)C=O. The summed E-state index contributed by atoms with van der Waals surface area (Å²) >= 11 is 0. The van der Waals surface area contributed by atoms with Gasteiger partial charge in [-0.1, -0.05) is 38.5 Å². The number of hydrogen-bond donors (Lipinski definition) is 0. The van der Waals surface area contributed by atoms with E-state index in [1.54, 1.807) is 76.2 Å². The molecule has 0 amide bonds. The van der Waals surface area contributed by atoms with Crippen molar-refractivity contribution < 1.29 is 38.1 Å². The summed E-state index contributed by atoms with van der Waals surface area (Å²) < 4.78 is 21.2. The van der Waals surface area contributed by atoms with Gasteiger partial charge in [-0.3, -0.25) is 9.59 Å². The number of benzene rings is 2. The van der Waals surface area contributed by atoms with Gasteiger partial charge in [-0.15, -0.1) is 0 Å². The fraction of sp³-hybridized carbons (Fsp3) is 0.188. The third-order valence-electron chi connectivity index (χ3n) is 4.38. The number of allylic oxidation sites excluding steroid dienone is 2. The second kappa shape index (κ2) is 18.3. The molecule has 0 unspecified atom stereocenters. The number of methoxy groups -OCH3 is 2. The Hall–Kier alpha value is -4.98. The van der Waals surface area contributed by atoms with Gasteiger partial charge in [0.05, 0.1) is 14.2 Å². The van der Waals surface area contributed by atoms with Crippen molar-refractivity contribution in [2.45, 2.75) is 27.7 Å². The van der Waals surface area contributed by atoms with Crippen molar-refractivity contribution >= 4 is 36.7 Å². The summed E-state index contributed by atoms with van der Waals surface area (Å²) in [6, 6.07) is 10.2. The third kappa shape index (κ3) is 13.5. The van der Waals surface area contributed by atoms with Crippen molar-refractivity contribution in [3.63, 3.8) is 0 Å². The van der Waals surface area contributed by atoms with Crippen LogP contribution in [0.25, 0.3) is 12.2 Å². The molecule has 0 fully saturated rings. The van der Waals surface area contributed by atoms with Crippen molar-refractivity contribution in [1.29, 1.82) is 0 Å². The molecule has 0 aliphatic carbocycles. The molecule has 0 N–H and O–H groups in total. The number of hydrogen-bond acceptors (Lipinski definition) is 8. The zero-order chi connectivity index (χ0) is 30.8. The maximum atomic E-state index is 12.0. The molecule has 2 aromatic carbocycles. The molecule has 0 radical (unpaired) electrons. The molecule has 0 aliphatic heterocycles. The molecule has 0 aromatic heterocycles. The predicted molar refractivity (Wildman–Crippen MR) is 158 cm³/mol. The predicted octanol–water partition coefficient (Wildman–Crippen LogP) is 6.36. The number of rotatable bonds is 10. The molecule has 40 heavy (non-hydrogen) atoms. The maximum absolute atomic E-state index is 12.0. The van der Waals surface area contributed by atoms with Crippen molar-refractivity contribution in [1.82, 2.24) is 0 Å². The lowest BCUT2D eigenvalue weighted by atomic mass is 10.1. The van der Waals surface area contributed by atoms with Crippen LogP contribution in [-0.2, 0) is 19.2 Å². The highest BCUT2D eigenvalue weighted by Gasteiger charge is 2.11. The molecule has 0 saturated heterocycles. The summed E-state index contributed by atoms with van der Waals surface area (Å²) in [7, 11) is 3.05. The monoisotopic (exact) mass is 548 g/mol. The Labute approximate surface area is 235 Å². The zero-order valence-electron chi connectivity index (χ0n) is 23.9. The number of esters is 2. The summed E-state index contributed by atoms with van der Waals surface area (Å²) in [6.07, 6.45) is 5.01. The third-order valence-corrected chi connectivity index (χ3v) is 4.38. The molecule has 0 bridgehead atoms. The van der Waals surface area contributed by atoms with E-state index in [1.165, 1.54) is 14.2 Å². The standard InChI is InChI=1S/C24H24O6.2C4H6O/c1-15(2)23(25)29-20-12-10-17(21(14-20)28-6)7-8-18-9-11-19(27-5)13-22(18)30-24(26)16(3)4;2*1-4(2)3-5/h7-14H,1,3H2,2,4-6H3;2*3H,1H2,2H3/b8-7+;;. The molecule has 212 valence electrons. The van der Waals surface area contributed by atoms with Crippen molar-refractivity contribution in [2.75, 3.05) is 14.2 Å². The van der Waals surface area contributed by atoms with E-state index in [9.17, 15) is 19.2 Å². The van der Waals surface area contributed by atoms with Gasteiger partial charge in [0.15, 0.2) is 0 Å². The highest BCUT2D eigenvalue weighted by Crippen LogP contribution is 2.30. The summed E-state index contributed by atoms with van der Waals surface area (Å²) in [6.45, 7) is 20.2. The van der Waals surface area contributed by atoms with Gasteiger partial charge < -0.3 is 18.9 Å². The molecule has 0 heterocycles. The van der Waals surface area contributed by atoms with Gasteiger partial charge in [0.1, 0.15) is 35.6 Å². The van der Waals surface area contributed by atoms with Gasteiger partial charge in [-0.05, 0) is 63.1 Å². The lowest BCUT2D eigenvalue weighted by Crippen LogP contribution is -2.09. The fourth-order valence-corrected chi connectivity index (χ4v) is 2.32. The molecule has 0 spiro atoms. The average Bonchev–Trinajstić information content (AvgIpc) is 2.92.